The van der Waals surface area contributed by atoms with E-state index in [9.17, 15) is 0 Å². The molecule has 5 rings (SSSR count). The molecule has 1 aromatic carbocycles. The van der Waals surface area contributed by atoms with Gasteiger partial charge < -0.3 is 14.8 Å². The highest BCUT2D eigenvalue weighted by molar-refractivity contribution is 9.10. The van der Waals surface area contributed by atoms with Crippen LogP contribution in [0, 0.1) is 5.92 Å². The fourth-order valence-electron chi connectivity index (χ4n) is 3.42. The lowest BCUT2D eigenvalue weighted by molar-refractivity contribution is 0.260. The first-order valence-electron chi connectivity index (χ1n) is 7.54. The normalized spacial score (nSPS) is 23.8. The molecule has 1 atom stereocenters. The van der Waals surface area contributed by atoms with E-state index >= 15 is 0 Å². The summed E-state index contributed by atoms with van der Waals surface area (Å²) in [4.78, 5) is 0. The van der Waals surface area contributed by atoms with E-state index in [0.717, 1.165) is 51.8 Å². The van der Waals surface area contributed by atoms with Gasteiger partial charge in [0.2, 0.25) is 0 Å². The molecule has 6 heteroatoms. The topological polar surface area (TPSA) is 54.5 Å². The van der Waals surface area contributed by atoms with Crippen LogP contribution in [-0.4, -0.2) is 6.61 Å². The lowest BCUT2D eigenvalue weighted by Crippen LogP contribution is -2.26. The van der Waals surface area contributed by atoms with Crippen LogP contribution < -0.4 is 16.2 Å². The average Bonchev–Trinajstić information content (AvgIpc) is 3.21. The molecule has 1 aromatic rings. The van der Waals surface area contributed by atoms with Crippen LogP contribution in [0.4, 0.5) is 5.69 Å². The number of hydrogen-bond acceptors (Lipinski definition) is 5. The summed E-state index contributed by atoms with van der Waals surface area (Å²) in [6.07, 6.45) is 4.76. The monoisotopic (exact) mass is 371 g/mol. The number of fused-ring (bicyclic) bond motifs is 4. The first-order valence-corrected chi connectivity index (χ1v) is 8.34. The largest absolute Gasteiger partial charge is 0.497 e. The van der Waals surface area contributed by atoms with E-state index in [1.165, 1.54) is 5.57 Å². The van der Waals surface area contributed by atoms with Gasteiger partial charge >= 0.3 is 0 Å². The molecule has 1 fully saturated rings. The Hall–Kier alpha value is -2.34. The number of halogens is 1. The zero-order chi connectivity index (χ0) is 15.4. The molecule has 1 saturated heterocycles. The minimum absolute atomic E-state index is 0.296. The number of hydrazine groups is 1. The summed E-state index contributed by atoms with van der Waals surface area (Å²) in [6, 6.07) is 8.09. The Morgan fingerprint density at radius 1 is 1.26 bits per heavy atom. The van der Waals surface area contributed by atoms with Crippen LogP contribution >= 0.6 is 15.9 Å². The van der Waals surface area contributed by atoms with E-state index in [2.05, 4.69) is 32.1 Å². The zero-order valence-corrected chi connectivity index (χ0v) is 13.7. The van der Waals surface area contributed by atoms with Crippen molar-refractivity contribution in [3.05, 3.63) is 75.3 Å². The third-order valence-electron chi connectivity index (χ3n) is 4.41. The maximum absolute atomic E-state index is 5.76. The van der Waals surface area contributed by atoms with Crippen LogP contribution in [0.15, 0.2) is 75.3 Å². The predicted molar refractivity (Wildman–Crippen MR) is 89.4 cm³/mol. The van der Waals surface area contributed by atoms with E-state index in [0.29, 0.717) is 5.92 Å². The second-order valence-corrected chi connectivity index (χ2v) is 6.71. The third-order valence-corrected chi connectivity index (χ3v) is 4.91. The van der Waals surface area contributed by atoms with Crippen molar-refractivity contribution in [2.45, 2.75) is 6.42 Å². The van der Waals surface area contributed by atoms with Gasteiger partial charge in [0.05, 0.1) is 12.2 Å². The third kappa shape index (κ3) is 1.98. The molecule has 4 aliphatic rings. The zero-order valence-electron chi connectivity index (χ0n) is 12.2. The highest BCUT2D eigenvalue weighted by Gasteiger charge is 2.41. The van der Waals surface area contributed by atoms with Crippen LogP contribution in [0.3, 0.4) is 0 Å². The molecule has 0 aromatic heterocycles. The van der Waals surface area contributed by atoms with E-state index in [4.69, 9.17) is 9.47 Å². The Morgan fingerprint density at radius 2 is 2.22 bits per heavy atom. The van der Waals surface area contributed by atoms with E-state index < -0.39 is 0 Å². The van der Waals surface area contributed by atoms with Crippen LogP contribution in [0.2, 0.25) is 0 Å². The molecule has 5 nitrogen and oxygen atoms in total. The second kappa shape index (κ2) is 4.83. The number of benzene rings is 1. The minimum atomic E-state index is 0.296. The second-order valence-electron chi connectivity index (χ2n) is 5.80. The summed E-state index contributed by atoms with van der Waals surface area (Å²) in [6.45, 7) is 0.773. The van der Waals surface area contributed by atoms with Gasteiger partial charge in [0.15, 0.2) is 0 Å². The molecule has 0 radical (unpaired) electrons. The molecule has 23 heavy (non-hydrogen) atoms. The SMILES string of the molecule is Brc1cccc(NC2=C3C(=COC4=C3C3CCOC3=C4)NN2)c1. The summed E-state index contributed by atoms with van der Waals surface area (Å²) in [5.74, 6) is 3.14. The van der Waals surface area contributed by atoms with Crippen LogP contribution in [0.5, 0.6) is 0 Å². The fourth-order valence-corrected chi connectivity index (χ4v) is 3.82. The van der Waals surface area contributed by atoms with Crippen LogP contribution in [0.1, 0.15) is 6.42 Å². The van der Waals surface area contributed by atoms with Gasteiger partial charge in [-0.3, -0.25) is 10.9 Å². The number of ether oxygens (including phenoxy) is 2. The number of anilines is 1. The molecule has 116 valence electrons. The Balaban J connectivity index is 1.56. The van der Waals surface area contributed by atoms with Crippen molar-refractivity contribution in [1.29, 1.82) is 0 Å². The number of rotatable bonds is 2. The first-order chi connectivity index (χ1) is 11.3. The average molecular weight is 372 g/mol. The van der Waals surface area contributed by atoms with Gasteiger partial charge in [-0.2, -0.15) is 0 Å². The summed E-state index contributed by atoms with van der Waals surface area (Å²) >= 11 is 3.50. The highest BCUT2D eigenvalue weighted by Crippen LogP contribution is 2.47. The molecule has 3 aliphatic heterocycles. The number of hydrogen-bond donors (Lipinski definition) is 3. The van der Waals surface area contributed by atoms with Crippen LogP contribution in [0.25, 0.3) is 0 Å². The molecule has 3 N–H and O–H groups in total. The lowest BCUT2D eigenvalue weighted by atomic mass is 9.90. The first kappa shape index (κ1) is 13.1. The van der Waals surface area contributed by atoms with Gasteiger partial charge in [-0.05, 0) is 24.6 Å². The van der Waals surface area contributed by atoms with Gasteiger partial charge in [-0.1, -0.05) is 22.0 Å². The quantitative estimate of drug-likeness (QED) is 0.744. The highest BCUT2D eigenvalue weighted by atomic mass is 79.9. The van der Waals surface area contributed by atoms with Crippen molar-refractivity contribution in [3.8, 4) is 0 Å². The molecular formula is C17H14BrN3O2. The number of nitrogens with one attached hydrogen (secondary N) is 3. The molecule has 1 aliphatic carbocycles. The summed E-state index contributed by atoms with van der Waals surface area (Å²) in [5.41, 5.74) is 10.7. The summed E-state index contributed by atoms with van der Waals surface area (Å²) < 4.78 is 12.5. The summed E-state index contributed by atoms with van der Waals surface area (Å²) in [5, 5.41) is 3.45. The van der Waals surface area contributed by atoms with Gasteiger partial charge in [-0.25, -0.2) is 0 Å². The molecule has 0 bridgehead atoms. The molecule has 0 amide bonds. The van der Waals surface area contributed by atoms with Crippen molar-refractivity contribution < 1.29 is 9.47 Å². The smallest absolute Gasteiger partial charge is 0.134 e. The Labute approximate surface area is 141 Å². The maximum Gasteiger partial charge on any atom is 0.134 e. The predicted octanol–water partition coefficient (Wildman–Crippen LogP) is 3.24. The van der Waals surface area contributed by atoms with Crippen molar-refractivity contribution in [2.75, 3.05) is 11.9 Å². The van der Waals surface area contributed by atoms with Gasteiger partial charge in [0, 0.05) is 27.7 Å². The van der Waals surface area contributed by atoms with Gasteiger partial charge in [0.25, 0.3) is 0 Å². The molecule has 0 spiro atoms. The van der Waals surface area contributed by atoms with Crippen molar-refractivity contribution in [2.24, 2.45) is 5.92 Å². The van der Waals surface area contributed by atoms with E-state index in [1.807, 2.05) is 30.3 Å². The van der Waals surface area contributed by atoms with Crippen molar-refractivity contribution in [3.63, 3.8) is 0 Å². The van der Waals surface area contributed by atoms with E-state index in [1.54, 1.807) is 6.26 Å². The fraction of sp³-hybridized carbons (Fsp3) is 0.176. The number of allylic oxidation sites excluding steroid dienone is 3. The molecular weight excluding hydrogens is 358 g/mol. The lowest BCUT2D eigenvalue weighted by Gasteiger charge is -2.19. The van der Waals surface area contributed by atoms with Gasteiger partial charge in [-0.15, -0.1) is 0 Å². The minimum Gasteiger partial charge on any atom is -0.497 e. The standard InChI is InChI=1S/C17H14BrN3O2/c18-9-2-1-3-10(6-9)19-17-16-12(20-21-17)8-23-14-7-13-11(15(14)16)4-5-22-13/h1-3,6-8,11,19-21H,4-5H2. The molecule has 0 saturated carbocycles. The summed E-state index contributed by atoms with van der Waals surface area (Å²) in [7, 11) is 0. The van der Waals surface area contributed by atoms with E-state index in [-0.39, 0.29) is 0 Å². The van der Waals surface area contributed by atoms with Crippen LogP contribution in [-0.2, 0) is 9.47 Å². The molecule has 3 heterocycles. The van der Waals surface area contributed by atoms with Crippen molar-refractivity contribution >= 4 is 21.6 Å². The van der Waals surface area contributed by atoms with Crippen molar-refractivity contribution in [1.82, 2.24) is 10.9 Å². The Morgan fingerprint density at radius 3 is 3.13 bits per heavy atom. The maximum atomic E-state index is 5.76. The molecule has 1 unspecified atom stereocenters. The Bertz CT molecular complexity index is 838. The van der Waals surface area contributed by atoms with Gasteiger partial charge in [0.1, 0.15) is 29.3 Å². The Kier molecular flexibility index (Phi) is 2.76.